The van der Waals surface area contributed by atoms with Crippen LogP contribution in [-0.2, 0) is 11.2 Å². The number of halogens is 1. The molecule has 5 atom stereocenters. The normalized spacial score (nSPS) is 22.9. The minimum atomic E-state index is -0.339. The number of nitrogens with zero attached hydrogens (tertiary/aromatic N) is 4. The first kappa shape index (κ1) is 37.0. The van der Waals surface area contributed by atoms with E-state index in [1.807, 2.05) is 6.07 Å². The van der Waals surface area contributed by atoms with Crippen molar-refractivity contribution in [2.24, 2.45) is 23.2 Å². The zero-order chi connectivity index (χ0) is 34.8. The van der Waals surface area contributed by atoms with Crippen LogP contribution in [0.4, 0.5) is 10.2 Å². The Balaban J connectivity index is 0.000000424. The number of pyridine rings is 1. The Morgan fingerprint density at radius 2 is 2.02 bits per heavy atom. The number of rotatable bonds is 14. The van der Waals surface area contributed by atoms with E-state index in [0.29, 0.717) is 41.3 Å². The summed E-state index contributed by atoms with van der Waals surface area (Å²) in [6.07, 6.45) is 15.6. The number of hydrogen-bond donors (Lipinski definition) is 0. The van der Waals surface area contributed by atoms with Gasteiger partial charge in [-0.25, -0.2) is 9.37 Å². The fourth-order valence-corrected chi connectivity index (χ4v) is 7.76. The fourth-order valence-electron chi connectivity index (χ4n) is 7.76. The highest BCUT2D eigenvalue weighted by Gasteiger charge is 2.57. The summed E-state index contributed by atoms with van der Waals surface area (Å²) in [4.78, 5) is 22.3. The van der Waals surface area contributed by atoms with Crippen molar-refractivity contribution in [3.05, 3.63) is 108 Å². The van der Waals surface area contributed by atoms with E-state index in [4.69, 9.17) is 10.2 Å². The summed E-state index contributed by atoms with van der Waals surface area (Å²) in [6.45, 7) is 23.2. The van der Waals surface area contributed by atoms with Gasteiger partial charge in [0, 0.05) is 44.9 Å². The van der Waals surface area contributed by atoms with Crippen molar-refractivity contribution >= 4 is 11.6 Å². The topological polar surface area (TPSA) is 60.2 Å². The highest BCUT2D eigenvalue weighted by molar-refractivity contribution is 6.05. The first-order valence-electron chi connectivity index (χ1n) is 17.9. The predicted octanol–water partition coefficient (Wildman–Crippen LogP) is 9.44. The second-order valence-electron chi connectivity index (χ2n) is 14.3. The molecule has 2 fully saturated rings. The van der Waals surface area contributed by atoms with E-state index in [0.717, 1.165) is 43.1 Å². The molecule has 5 nitrogen and oxygen atoms in total. The van der Waals surface area contributed by atoms with Crippen LogP contribution in [0.2, 0.25) is 0 Å². The second kappa shape index (κ2) is 17.0. The van der Waals surface area contributed by atoms with E-state index < -0.39 is 0 Å². The van der Waals surface area contributed by atoms with Crippen LogP contribution in [0.15, 0.2) is 85.0 Å². The maximum atomic E-state index is 13.0. The average Bonchev–Trinajstić information content (AvgIpc) is 3.78. The highest BCUT2D eigenvalue weighted by Crippen LogP contribution is 2.64. The molecule has 4 unspecified atom stereocenters. The van der Waals surface area contributed by atoms with Crippen LogP contribution in [0.1, 0.15) is 84.5 Å². The number of hydrogen-bond acceptors (Lipinski definition) is 5. The Labute approximate surface area is 290 Å². The van der Waals surface area contributed by atoms with Crippen molar-refractivity contribution in [1.29, 1.82) is 5.26 Å². The maximum Gasteiger partial charge on any atom is 0.181 e. The number of aryl methyl sites for hydroxylation is 1. The summed E-state index contributed by atoms with van der Waals surface area (Å²) in [5.74, 6) is 2.55. The highest BCUT2D eigenvalue weighted by atomic mass is 19.1. The number of unbranched alkanes of at least 4 members (excludes halogenated alkanes) is 2. The van der Waals surface area contributed by atoms with Gasteiger partial charge < -0.3 is 4.90 Å². The van der Waals surface area contributed by atoms with Crippen LogP contribution >= 0.6 is 0 Å². The number of aromatic nitrogens is 1. The summed E-state index contributed by atoms with van der Waals surface area (Å²) in [6, 6.07) is 13.2. The van der Waals surface area contributed by atoms with Gasteiger partial charge in [-0.2, -0.15) is 5.26 Å². The molecule has 0 bridgehead atoms. The van der Waals surface area contributed by atoms with Gasteiger partial charge in [-0.1, -0.05) is 82.5 Å². The molecule has 2 heterocycles. The van der Waals surface area contributed by atoms with Crippen LogP contribution in [0.3, 0.4) is 0 Å². The van der Waals surface area contributed by atoms with Crippen molar-refractivity contribution in [2.75, 3.05) is 31.1 Å². The molecule has 1 aromatic heterocycles. The molecule has 1 aliphatic heterocycles. The van der Waals surface area contributed by atoms with Gasteiger partial charge in [0.2, 0.25) is 0 Å². The smallest absolute Gasteiger partial charge is 0.181 e. The number of nitriles is 1. The Bertz CT molecular complexity index is 1560. The van der Waals surface area contributed by atoms with Crippen LogP contribution in [-0.4, -0.2) is 47.9 Å². The van der Waals surface area contributed by atoms with Gasteiger partial charge in [0.25, 0.3) is 0 Å². The fraction of sp³-hybridized carbons (Fsp3) is 0.500. The molecule has 48 heavy (non-hydrogen) atoms. The standard InChI is InChI=1S/C32H47N3O.C10H8FN.H2/c1-7-9-10-13-26(19-23(3)28-16-15-27(30(36)8-2)29-20-32(28,29)6)22-34-17-18-35(21-25(34)5)31-14-11-12-24(4)33-31;1-2-3-9-5-4-8(7-12)6-10(9)11;/h8,11-12,14-16,23,25-26,29H,2,7,9-10,13,17-22H2,1,3-6H3;2,4-6H,1,3H2;1H/t23?,25-,26?,29?,32?;;/m0../s1. The van der Waals surface area contributed by atoms with E-state index in [2.05, 4.69) is 87.9 Å². The van der Waals surface area contributed by atoms with Gasteiger partial charge in [0.15, 0.2) is 5.78 Å². The third-order valence-electron chi connectivity index (χ3n) is 10.6. The SMILES string of the molecule is C=CC(=O)C1=CC=C(C(C)CC(CCCCC)CN2CCN(c3cccc(C)n3)C[C@@H]2C)C2(C)CC12.C=CCc1ccc(C#N)cc1F.[HH]. The Morgan fingerprint density at radius 3 is 2.67 bits per heavy atom. The molecular formula is C42H57FN4O. The summed E-state index contributed by atoms with van der Waals surface area (Å²) >= 11 is 0. The molecule has 6 heteroatoms. The molecule has 0 spiro atoms. The van der Waals surface area contributed by atoms with E-state index in [-0.39, 0.29) is 18.4 Å². The third kappa shape index (κ3) is 9.20. The van der Waals surface area contributed by atoms with Gasteiger partial charge in [-0.05, 0) is 98.6 Å². The Hall–Kier alpha value is -3.82. The molecule has 1 saturated heterocycles. The van der Waals surface area contributed by atoms with Crippen molar-refractivity contribution in [2.45, 2.75) is 85.6 Å². The lowest BCUT2D eigenvalue weighted by Gasteiger charge is -2.42. The van der Waals surface area contributed by atoms with Crippen LogP contribution in [0, 0.1) is 47.2 Å². The van der Waals surface area contributed by atoms with Crippen molar-refractivity contribution < 1.29 is 10.6 Å². The zero-order valence-corrected chi connectivity index (χ0v) is 29.9. The molecule has 1 aromatic carbocycles. The quantitative estimate of drug-likeness (QED) is 0.116. The first-order chi connectivity index (χ1) is 23.0. The first-order valence-corrected chi connectivity index (χ1v) is 17.9. The van der Waals surface area contributed by atoms with E-state index >= 15 is 0 Å². The summed E-state index contributed by atoms with van der Waals surface area (Å²) < 4.78 is 13.0. The van der Waals surface area contributed by atoms with Crippen molar-refractivity contribution in [3.8, 4) is 6.07 Å². The number of carbonyl (C=O) groups excluding carboxylic acids is 1. The van der Waals surface area contributed by atoms with Gasteiger partial charge in [0.1, 0.15) is 11.6 Å². The number of carbonyl (C=O) groups is 1. The van der Waals surface area contributed by atoms with E-state index in [1.54, 1.807) is 23.8 Å². The molecule has 0 N–H and O–H groups in total. The number of allylic oxidation sites excluding steroid dienone is 6. The summed E-state index contributed by atoms with van der Waals surface area (Å²) in [5.41, 5.74) is 4.72. The van der Waals surface area contributed by atoms with Crippen LogP contribution < -0.4 is 4.90 Å². The minimum Gasteiger partial charge on any atom is -0.354 e. The molecule has 0 amide bonds. The molecular weight excluding hydrogens is 595 g/mol. The molecule has 258 valence electrons. The minimum absolute atomic E-state index is 0. The van der Waals surface area contributed by atoms with E-state index in [9.17, 15) is 9.18 Å². The van der Waals surface area contributed by atoms with E-state index in [1.165, 1.54) is 50.8 Å². The largest absolute Gasteiger partial charge is 0.354 e. The van der Waals surface area contributed by atoms with Crippen LogP contribution in [0.5, 0.6) is 0 Å². The number of piperazine rings is 1. The molecule has 1 saturated carbocycles. The number of ketones is 1. The molecule has 2 aliphatic carbocycles. The molecule has 2 aromatic rings. The average molecular weight is 653 g/mol. The predicted molar refractivity (Wildman–Crippen MR) is 198 cm³/mol. The lowest BCUT2D eigenvalue weighted by molar-refractivity contribution is -0.111. The lowest BCUT2D eigenvalue weighted by atomic mass is 9.76. The summed E-state index contributed by atoms with van der Waals surface area (Å²) in [7, 11) is 0. The van der Waals surface area contributed by atoms with Crippen molar-refractivity contribution in [1.82, 2.24) is 9.88 Å². The lowest BCUT2D eigenvalue weighted by Crippen LogP contribution is -2.53. The molecule has 5 rings (SSSR count). The van der Waals surface area contributed by atoms with Gasteiger partial charge in [0.05, 0.1) is 11.6 Å². The number of fused-ring (bicyclic) bond motifs is 1. The van der Waals surface area contributed by atoms with Gasteiger partial charge >= 0.3 is 0 Å². The van der Waals surface area contributed by atoms with Crippen LogP contribution in [0.25, 0.3) is 0 Å². The van der Waals surface area contributed by atoms with Gasteiger partial charge in [-0.15, -0.1) is 6.58 Å². The maximum absolute atomic E-state index is 13.0. The molecule has 3 aliphatic rings. The second-order valence-corrected chi connectivity index (χ2v) is 14.3. The molecule has 0 radical (unpaired) electrons. The monoisotopic (exact) mass is 652 g/mol. The number of anilines is 1. The Morgan fingerprint density at radius 1 is 1.23 bits per heavy atom. The zero-order valence-electron chi connectivity index (χ0n) is 29.9. The van der Waals surface area contributed by atoms with Gasteiger partial charge in [-0.3, -0.25) is 9.69 Å². The third-order valence-corrected chi connectivity index (χ3v) is 10.6. The Kier molecular flexibility index (Phi) is 13.1. The summed E-state index contributed by atoms with van der Waals surface area (Å²) in [5, 5.41) is 8.45. The number of benzene rings is 1. The van der Waals surface area contributed by atoms with Crippen molar-refractivity contribution in [3.63, 3.8) is 0 Å².